The molecule has 0 spiro atoms. The molecule has 2 fully saturated rings. The predicted molar refractivity (Wildman–Crippen MR) is 164 cm³/mol. The van der Waals surface area contributed by atoms with E-state index >= 15 is 0 Å². The van der Waals surface area contributed by atoms with Crippen molar-refractivity contribution in [2.75, 3.05) is 66.5 Å². The number of hydrogen-bond acceptors (Lipinski definition) is 8. The Morgan fingerprint density at radius 1 is 0.763 bits per heavy atom. The summed E-state index contributed by atoms with van der Waals surface area (Å²) in [7, 11) is 7.90. The number of phenols is 1. The first kappa shape index (κ1) is 27.9. The van der Waals surface area contributed by atoms with Crippen LogP contribution in [-0.4, -0.2) is 91.2 Å². The van der Waals surface area contributed by atoms with E-state index in [0.717, 1.165) is 99.7 Å². The molecule has 2 aliphatic rings. The van der Waals surface area contributed by atoms with Gasteiger partial charge < -0.3 is 14.9 Å². The quantitative estimate of drug-likeness (QED) is 0.288. The van der Waals surface area contributed by atoms with Gasteiger partial charge in [-0.2, -0.15) is 0 Å². The molecule has 1 aromatic heterocycles. The topological polar surface area (TPSA) is 33.2 Å². The highest BCUT2D eigenvalue weighted by Gasteiger charge is 2.21. The molecule has 8 heteroatoms. The van der Waals surface area contributed by atoms with E-state index in [9.17, 15) is 5.11 Å². The lowest BCUT2D eigenvalue weighted by Gasteiger charge is -2.24. The first-order chi connectivity index (χ1) is 18.5. The maximum absolute atomic E-state index is 11.6. The third-order valence-electron chi connectivity index (χ3n) is 7.89. The zero-order valence-corrected chi connectivity index (χ0v) is 25.1. The lowest BCUT2D eigenvalue weighted by Crippen LogP contribution is -2.29. The Morgan fingerprint density at radius 3 is 1.92 bits per heavy atom. The van der Waals surface area contributed by atoms with E-state index in [4.69, 9.17) is 12.2 Å². The largest absolute Gasteiger partial charge is 0.507 e. The third-order valence-corrected chi connectivity index (χ3v) is 11.1. The van der Waals surface area contributed by atoms with Gasteiger partial charge in [-0.1, -0.05) is 63.2 Å². The van der Waals surface area contributed by atoms with Crippen molar-refractivity contribution in [3.8, 4) is 16.2 Å². The molecule has 0 radical (unpaired) electrons. The second kappa shape index (κ2) is 13.1. The van der Waals surface area contributed by atoms with Gasteiger partial charge in [-0.15, -0.1) is 0 Å². The fourth-order valence-electron chi connectivity index (χ4n) is 5.58. The van der Waals surface area contributed by atoms with Gasteiger partial charge in [-0.25, -0.2) is 0 Å². The van der Waals surface area contributed by atoms with Gasteiger partial charge >= 0.3 is 0 Å². The second-order valence-electron chi connectivity index (χ2n) is 10.9. The van der Waals surface area contributed by atoms with Crippen LogP contribution in [0.5, 0.6) is 5.75 Å². The van der Waals surface area contributed by atoms with Gasteiger partial charge in [0, 0.05) is 62.4 Å². The SMILES string of the molecule is CN1CCCN(Cc2cc(-c3ssc(=S)c3Cc3ccccc3)cc(CN3CCCN(C)CC3)c2O)CC1. The van der Waals surface area contributed by atoms with E-state index in [0.29, 0.717) is 5.75 Å². The number of phenolic OH excluding ortho intramolecular Hbond substituents is 1. The first-order valence-corrected chi connectivity index (χ1v) is 16.3. The minimum absolute atomic E-state index is 0.479. The number of benzene rings is 2. The molecule has 2 aliphatic heterocycles. The molecule has 204 valence electrons. The number of aromatic hydroxyl groups is 1. The van der Waals surface area contributed by atoms with Crippen LogP contribution in [0.25, 0.3) is 10.4 Å². The van der Waals surface area contributed by atoms with Crippen LogP contribution in [0, 0.1) is 3.82 Å². The first-order valence-electron chi connectivity index (χ1n) is 13.8. The maximum atomic E-state index is 11.6. The number of likely N-dealkylation sites (N-methyl/N-ethyl adjacent to an activating group) is 2. The smallest absolute Gasteiger partial charge is 0.124 e. The molecular formula is C30H40N4OS3. The molecule has 0 unspecified atom stereocenters. The lowest BCUT2D eigenvalue weighted by atomic mass is 9.98. The summed E-state index contributed by atoms with van der Waals surface area (Å²) in [5.41, 5.74) is 5.83. The van der Waals surface area contributed by atoms with E-state index < -0.39 is 0 Å². The highest BCUT2D eigenvalue weighted by Crippen LogP contribution is 2.40. The molecule has 1 N–H and O–H groups in total. The Bertz CT molecular complexity index is 1210. The zero-order chi connectivity index (χ0) is 26.5. The Hall–Kier alpha value is -1.65. The van der Waals surface area contributed by atoms with Crippen molar-refractivity contribution < 1.29 is 5.11 Å². The van der Waals surface area contributed by atoms with E-state index in [1.807, 2.05) is 0 Å². The molecule has 5 rings (SSSR count). The summed E-state index contributed by atoms with van der Waals surface area (Å²) in [6.45, 7) is 10.2. The predicted octanol–water partition coefficient (Wildman–Crippen LogP) is 5.78. The van der Waals surface area contributed by atoms with Crippen LogP contribution >= 0.6 is 32.9 Å². The Kier molecular flexibility index (Phi) is 9.64. The van der Waals surface area contributed by atoms with Crippen molar-refractivity contribution in [2.45, 2.75) is 32.4 Å². The molecule has 5 nitrogen and oxygen atoms in total. The molecule has 0 amide bonds. The standard InChI is InChI=1S/C30H40N4OS3/c1-31-10-6-12-33(16-14-31)21-25-19-24(20-26(28(25)35)22-34-13-7-11-32(2)15-17-34)29-27(30(36)38-37-29)18-23-8-4-3-5-9-23/h3-5,8-9,19-20,35H,6-7,10-18,21-22H2,1-2H3. The van der Waals surface area contributed by atoms with Crippen LogP contribution in [0.3, 0.4) is 0 Å². The van der Waals surface area contributed by atoms with Gasteiger partial charge in [0.25, 0.3) is 0 Å². The van der Waals surface area contributed by atoms with Gasteiger partial charge in [-0.3, -0.25) is 9.80 Å². The second-order valence-corrected chi connectivity index (χ2v) is 13.7. The summed E-state index contributed by atoms with van der Waals surface area (Å²) in [6.07, 6.45) is 3.17. The van der Waals surface area contributed by atoms with Crippen LogP contribution in [0.15, 0.2) is 42.5 Å². The Labute approximate surface area is 240 Å². The molecule has 0 bridgehead atoms. The van der Waals surface area contributed by atoms with E-state index in [1.165, 1.54) is 21.6 Å². The third kappa shape index (κ3) is 7.10. The highest BCUT2D eigenvalue weighted by atomic mass is 32.9. The molecule has 38 heavy (non-hydrogen) atoms. The summed E-state index contributed by atoms with van der Waals surface area (Å²) in [5.74, 6) is 0.479. The molecule has 2 aromatic carbocycles. The Morgan fingerprint density at radius 2 is 1.34 bits per heavy atom. The fraction of sp³-hybridized carbons (Fsp3) is 0.500. The number of nitrogens with zero attached hydrogens (tertiary/aromatic N) is 4. The molecule has 0 saturated carbocycles. The average Bonchev–Trinajstić information content (AvgIpc) is 3.04. The summed E-state index contributed by atoms with van der Waals surface area (Å²) in [4.78, 5) is 11.1. The van der Waals surface area contributed by atoms with Crippen molar-refractivity contribution in [1.82, 2.24) is 19.6 Å². The van der Waals surface area contributed by atoms with Crippen molar-refractivity contribution in [3.05, 3.63) is 68.5 Å². The van der Waals surface area contributed by atoms with E-state index in [2.05, 4.69) is 76.2 Å². The van der Waals surface area contributed by atoms with Gasteiger partial charge in [0.05, 0.1) is 4.88 Å². The van der Waals surface area contributed by atoms with Crippen molar-refractivity contribution >= 4 is 32.9 Å². The van der Waals surface area contributed by atoms with Crippen LogP contribution in [0.2, 0.25) is 0 Å². The fourth-order valence-corrected chi connectivity index (χ4v) is 8.48. The minimum atomic E-state index is 0.479. The zero-order valence-electron chi connectivity index (χ0n) is 22.7. The summed E-state index contributed by atoms with van der Waals surface area (Å²) in [5, 5.41) is 11.6. The minimum Gasteiger partial charge on any atom is -0.507 e. The monoisotopic (exact) mass is 568 g/mol. The molecular weight excluding hydrogens is 529 g/mol. The van der Waals surface area contributed by atoms with Crippen molar-refractivity contribution in [3.63, 3.8) is 0 Å². The molecule has 3 heterocycles. The van der Waals surface area contributed by atoms with E-state index in [-0.39, 0.29) is 0 Å². The van der Waals surface area contributed by atoms with Crippen LogP contribution in [-0.2, 0) is 19.5 Å². The van der Waals surface area contributed by atoms with Gasteiger partial charge in [0.2, 0.25) is 0 Å². The molecule has 0 atom stereocenters. The number of rotatable bonds is 7. The van der Waals surface area contributed by atoms with Crippen LogP contribution in [0.1, 0.15) is 35.1 Å². The van der Waals surface area contributed by atoms with Crippen molar-refractivity contribution in [1.29, 1.82) is 0 Å². The van der Waals surface area contributed by atoms with Crippen LogP contribution in [0.4, 0.5) is 0 Å². The summed E-state index contributed by atoms with van der Waals surface area (Å²) >= 11 is 5.83. The molecule has 0 aliphatic carbocycles. The maximum Gasteiger partial charge on any atom is 0.124 e. The summed E-state index contributed by atoms with van der Waals surface area (Å²) in [6, 6.07) is 15.1. The Balaban J connectivity index is 1.49. The van der Waals surface area contributed by atoms with Gasteiger partial charge in [0.1, 0.15) is 9.57 Å². The van der Waals surface area contributed by atoms with Gasteiger partial charge in [-0.05, 0) is 76.4 Å². The normalized spacial score (nSPS) is 18.9. The van der Waals surface area contributed by atoms with Crippen LogP contribution < -0.4 is 0 Å². The van der Waals surface area contributed by atoms with E-state index in [1.54, 1.807) is 20.7 Å². The summed E-state index contributed by atoms with van der Waals surface area (Å²) < 4.78 is 0.983. The van der Waals surface area contributed by atoms with Crippen molar-refractivity contribution in [2.24, 2.45) is 0 Å². The molecule has 3 aromatic rings. The molecule has 2 saturated heterocycles. The highest BCUT2D eigenvalue weighted by molar-refractivity contribution is 7.80. The van der Waals surface area contributed by atoms with Gasteiger partial charge in [0.15, 0.2) is 0 Å². The average molecular weight is 569 g/mol. The lowest BCUT2D eigenvalue weighted by molar-refractivity contribution is 0.259. The number of hydrogen-bond donors (Lipinski definition) is 1.